The first-order valence-electron chi connectivity index (χ1n) is 9.30. The predicted molar refractivity (Wildman–Crippen MR) is 105 cm³/mol. The lowest BCUT2D eigenvalue weighted by molar-refractivity contribution is -0.384. The molecule has 0 amide bonds. The highest BCUT2D eigenvalue weighted by atomic mass is 32.2. The molecule has 12 heteroatoms. The summed E-state index contributed by atoms with van der Waals surface area (Å²) in [6, 6.07) is 8.31. The fourth-order valence-electron chi connectivity index (χ4n) is 3.44. The van der Waals surface area contributed by atoms with Crippen molar-refractivity contribution in [2.45, 2.75) is 23.4 Å². The number of hydrogen-bond donors (Lipinski definition) is 0. The molecule has 31 heavy (non-hydrogen) atoms. The highest BCUT2D eigenvalue weighted by Gasteiger charge is 2.47. The van der Waals surface area contributed by atoms with Gasteiger partial charge in [0.05, 0.1) is 9.82 Å². The highest BCUT2D eigenvalue weighted by Crippen LogP contribution is 2.36. The lowest BCUT2D eigenvalue weighted by Gasteiger charge is -2.24. The average Bonchev–Trinajstić information content (AvgIpc) is 2.94. The van der Waals surface area contributed by atoms with E-state index in [1.165, 1.54) is 12.1 Å². The van der Waals surface area contributed by atoms with Crippen molar-refractivity contribution in [1.82, 2.24) is 4.90 Å². The number of rotatable bonds is 5. The third kappa shape index (κ3) is 5.13. The van der Waals surface area contributed by atoms with Gasteiger partial charge in [0.2, 0.25) is 0 Å². The summed E-state index contributed by atoms with van der Waals surface area (Å²) in [6.07, 6.45) is 0.626. The van der Waals surface area contributed by atoms with E-state index in [4.69, 9.17) is 0 Å². The van der Waals surface area contributed by atoms with Gasteiger partial charge in [-0.3, -0.25) is 15.0 Å². The largest absolute Gasteiger partial charge is 0.501 e. The standard InChI is InChI=1S/C19H19F4N3O4S/c20-15-4-2-14(3-5-15)13-24-8-1-9-25(11-10-24)17-7-6-16(12-18(17)26(27)28)31(29,30)19(21,22)23/h2-7,12H,1,8-11,13H2. The lowest BCUT2D eigenvalue weighted by Crippen LogP contribution is -2.31. The highest BCUT2D eigenvalue weighted by molar-refractivity contribution is 7.92. The van der Waals surface area contributed by atoms with Crippen molar-refractivity contribution < 1.29 is 30.9 Å². The second-order valence-corrected chi connectivity index (χ2v) is 9.04. The van der Waals surface area contributed by atoms with Crippen LogP contribution in [0.3, 0.4) is 0 Å². The molecule has 0 bridgehead atoms. The maximum absolute atomic E-state index is 13.1. The van der Waals surface area contributed by atoms with Gasteiger partial charge >= 0.3 is 5.51 Å². The molecule has 1 saturated heterocycles. The van der Waals surface area contributed by atoms with Gasteiger partial charge in [-0.1, -0.05) is 12.1 Å². The third-order valence-electron chi connectivity index (χ3n) is 5.01. The number of sulfone groups is 1. The molecule has 0 saturated carbocycles. The molecule has 0 N–H and O–H groups in total. The maximum Gasteiger partial charge on any atom is 0.501 e. The summed E-state index contributed by atoms with van der Waals surface area (Å²) in [6.45, 7) is 2.50. The minimum absolute atomic E-state index is 0.0646. The molecule has 1 heterocycles. The van der Waals surface area contributed by atoms with Gasteiger partial charge in [0.15, 0.2) is 0 Å². The monoisotopic (exact) mass is 461 g/mol. The number of nitro benzene ring substituents is 1. The normalized spacial score (nSPS) is 16.2. The van der Waals surface area contributed by atoms with Gasteiger partial charge in [-0.15, -0.1) is 0 Å². The minimum Gasteiger partial charge on any atom is -0.365 e. The van der Waals surface area contributed by atoms with E-state index in [9.17, 15) is 36.1 Å². The van der Waals surface area contributed by atoms with Crippen molar-refractivity contribution in [3.8, 4) is 0 Å². The van der Waals surface area contributed by atoms with E-state index in [0.29, 0.717) is 45.2 Å². The van der Waals surface area contributed by atoms with Crippen LogP contribution in [-0.2, 0) is 16.4 Å². The van der Waals surface area contributed by atoms with Gasteiger partial charge in [-0.05, 0) is 36.2 Å². The van der Waals surface area contributed by atoms with Gasteiger partial charge in [-0.2, -0.15) is 13.2 Å². The average molecular weight is 461 g/mol. The van der Waals surface area contributed by atoms with Crippen LogP contribution < -0.4 is 4.90 Å². The summed E-state index contributed by atoms with van der Waals surface area (Å²) in [4.78, 5) is 13.2. The van der Waals surface area contributed by atoms with Gasteiger partial charge < -0.3 is 4.90 Å². The van der Waals surface area contributed by atoms with Gasteiger partial charge in [0.1, 0.15) is 11.5 Å². The lowest BCUT2D eigenvalue weighted by atomic mass is 10.2. The summed E-state index contributed by atoms with van der Waals surface area (Å²) in [7, 11) is -5.69. The smallest absolute Gasteiger partial charge is 0.365 e. The molecule has 168 valence electrons. The Bertz CT molecular complexity index is 1060. The molecule has 1 fully saturated rings. The second kappa shape index (κ2) is 8.79. The minimum atomic E-state index is -5.69. The molecule has 2 aromatic carbocycles. The van der Waals surface area contributed by atoms with Crippen LogP contribution in [0.5, 0.6) is 0 Å². The van der Waals surface area contributed by atoms with Gasteiger partial charge in [0, 0.05) is 38.8 Å². The van der Waals surface area contributed by atoms with Crippen LogP contribution in [0.2, 0.25) is 0 Å². The van der Waals surface area contributed by atoms with E-state index in [0.717, 1.165) is 17.7 Å². The van der Waals surface area contributed by atoms with Crippen molar-refractivity contribution in [3.05, 3.63) is 64.0 Å². The van der Waals surface area contributed by atoms with E-state index < -0.39 is 30.9 Å². The number of nitrogens with zero attached hydrogens (tertiary/aromatic N) is 3. The first-order valence-corrected chi connectivity index (χ1v) is 10.8. The summed E-state index contributed by atoms with van der Waals surface area (Å²) < 4.78 is 74.7. The maximum atomic E-state index is 13.1. The van der Waals surface area contributed by atoms with Crippen molar-refractivity contribution in [2.75, 3.05) is 31.1 Å². The summed E-state index contributed by atoms with van der Waals surface area (Å²) in [5, 5.41) is 11.5. The molecule has 7 nitrogen and oxygen atoms in total. The number of halogens is 4. The van der Waals surface area contributed by atoms with Crippen LogP contribution >= 0.6 is 0 Å². The van der Waals surface area contributed by atoms with Gasteiger partial charge in [0.25, 0.3) is 15.5 Å². The van der Waals surface area contributed by atoms with Gasteiger partial charge in [-0.25, -0.2) is 12.8 Å². The Balaban J connectivity index is 1.80. The van der Waals surface area contributed by atoms with E-state index in [1.807, 2.05) is 0 Å². The van der Waals surface area contributed by atoms with Crippen molar-refractivity contribution >= 4 is 21.2 Å². The number of anilines is 1. The third-order valence-corrected chi connectivity index (χ3v) is 6.49. The first-order chi connectivity index (χ1) is 14.5. The van der Waals surface area contributed by atoms with Crippen molar-refractivity contribution in [3.63, 3.8) is 0 Å². The Kier molecular flexibility index (Phi) is 6.51. The molecule has 0 radical (unpaired) electrons. The molecule has 0 unspecified atom stereocenters. The van der Waals surface area contributed by atoms with Crippen LogP contribution in [0.15, 0.2) is 47.4 Å². The van der Waals surface area contributed by atoms with E-state index >= 15 is 0 Å². The van der Waals surface area contributed by atoms with Crippen molar-refractivity contribution in [2.24, 2.45) is 0 Å². The Morgan fingerprint density at radius 2 is 1.68 bits per heavy atom. The molecule has 1 aliphatic rings. The van der Waals surface area contributed by atoms with Crippen molar-refractivity contribution in [1.29, 1.82) is 0 Å². The molecular weight excluding hydrogens is 442 g/mol. The van der Waals surface area contributed by atoms with Crippen LogP contribution in [0.25, 0.3) is 0 Å². The molecule has 1 aliphatic heterocycles. The zero-order valence-corrected chi connectivity index (χ0v) is 17.0. The van der Waals surface area contributed by atoms with E-state index in [-0.39, 0.29) is 11.5 Å². The molecule has 0 spiro atoms. The predicted octanol–water partition coefficient (Wildman–Crippen LogP) is 3.74. The fraction of sp³-hybridized carbons (Fsp3) is 0.368. The van der Waals surface area contributed by atoms with E-state index in [2.05, 4.69) is 4.90 Å². The Morgan fingerprint density at radius 1 is 1.00 bits per heavy atom. The molecule has 2 aromatic rings. The van der Waals surface area contributed by atoms with Crippen LogP contribution in [-0.4, -0.2) is 49.9 Å². The zero-order valence-electron chi connectivity index (χ0n) is 16.2. The molecule has 3 rings (SSSR count). The topological polar surface area (TPSA) is 83.8 Å². The van der Waals surface area contributed by atoms with E-state index in [1.54, 1.807) is 17.0 Å². The molecule has 0 aromatic heterocycles. The SMILES string of the molecule is O=[N+]([O-])c1cc(S(=O)(=O)C(F)(F)F)ccc1N1CCCN(Cc2ccc(F)cc2)CC1. The molecule has 0 aliphatic carbocycles. The summed E-state index contributed by atoms with van der Waals surface area (Å²) in [5.74, 6) is -0.339. The van der Waals surface area contributed by atoms with Crippen LogP contribution in [0.1, 0.15) is 12.0 Å². The molecule has 0 atom stereocenters. The summed E-state index contributed by atoms with van der Waals surface area (Å²) in [5.41, 5.74) is -5.28. The van der Waals surface area contributed by atoms with Crippen LogP contribution in [0.4, 0.5) is 28.9 Å². The Morgan fingerprint density at radius 3 is 2.29 bits per heavy atom. The fourth-order valence-corrected chi connectivity index (χ4v) is 4.22. The Labute approximate surface area is 175 Å². The van der Waals surface area contributed by atoms with Crippen LogP contribution in [0, 0.1) is 15.9 Å². The number of benzene rings is 2. The zero-order chi connectivity index (χ0) is 22.8. The number of hydrogen-bond acceptors (Lipinski definition) is 6. The number of nitro groups is 1. The first kappa shape index (κ1) is 22.9. The quantitative estimate of drug-likeness (QED) is 0.383. The molecular formula is C19H19F4N3O4S. The Hall–Kier alpha value is -2.73. The number of alkyl halides is 3. The summed E-state index contributed by atoms with van der Waals surface area (Å²) >= 11 is 0. The second-order valence-electron chi connectivity index (χ2n) is 7.10.